The molecule has 0 aromatic carbocycles. The number of piperidine rings is 1. The monoisotopic (exact) mass is 609 g/mol. The highest BCUT2D eigenvalue weighted by Crippen LogP contribution is 2.31. The molecule has 0 radical (unpaired) electrons. The first kappa shape index (κ1) is 34.1. The number of likely N-dealkylation sites (tertiary alicyclic amines) is 1. The summed E-state index contributed by atoms with van der Waals surface area (Å²) in [6, 6.07) is 6.32. The molecule has 14 heteroatoms. The molecule has 2 fully saturated rings. The number of nitrogens with one attached hydrogen (secondary N) is 2. The Labute approximate surface area is 250 Å². The predicted octanol–water partition coefficient (Wildman–Crippen LogP) is 6.84. The number of ether oxygens (including phenoxy) is 1. The Bertz CT molecular complexity index is 1330. The second-order valence-corrected chi connectivity index (χ2v) is 10.6. The van der Waals surface area contributed by atoms with Crippen molar-refractivity contribution in [2.24, 2.45) is 10.2 Å². The Kier molecular flexibility index (Phi) is 12.6. The molecule has 0 amide bonds. The van der Waals surface area contributed by atoms with E-state index >= 15 is 0 Å². The van der Waals surface area contributed by atoms with Gasteiger partial charge in [0.25, 0.3) is 5.92 Å². The van der Waals surface area contributed by atoms with Crippen LogP contribution in [0.4, 0.5) is 35.0 Å². The Balaban J connectivity index is 0.000000244. The first-order chi connectivity index (χ1) is 20.5. The summed E-state index contributed by atoms with van der Waals surface area (Å²) in [5.41, 5.74) is 4.34. The Morgan fingerprint density at radius 1 is 1.14 bits per heavy atom. The second-order valence-electron chi connectivity index (χ2n) is 10.6. The summed E-state index contributed by atoms with van der Waals surface area (Å²) in [7, 11) is 1.80. The van der Waals surface area contributed by atoms with Crippen molar-refractivity contribution in [3.63, 3.8) is 0 Å². The molecule has 43 heavy (non-hydrogen) atoms. The molecule has 2 aliphatic rings. The number of azo groups is 1. The maximum atomic E-state index is 12.9. The number of hydrogen-bond donors (Lipinski definition) is 2. The topological polar surface area (TPSA) is 104 Å². The van der Waals surface area contributed by atoms with Gasteiger partial charge in [-0.3, -0.25) is 9.88 Å². The number of fused-ring (bicyclic) bond motifs is 1. The van der Waals surface area contributed by atoms with E-state index in [9.17, 15) is 17.6 Å². The van der Waals surface area contributed by atoms with Gasteiger partial charge >= 0.3 is 0 Å². The molecular formula is C29H43F4N9O. The lowest BCUT2D eigenvalue weighted by Crippen LogP contribution is -2.55. The standard InChI is InChI=1S/C18H24N8.C8H13F2NO.C3H6F2/c1-6-20-17-16-13(9-10-26(16)25-18(19-5)22-17)15-8-7-14(12(4)21-15)24-23-11(2)3;9-8(10)2-1-3-11(6-8)7-4-12-5-7;1-2-3(4)5/h7-11H,6H2,1-5H3,(H2,19,20,22,25);7H,1-6H2;3H,2H2,1H3. The molecule has 0 atom stereocenters. The van der Waals surface area contributed by atoms with Crippen molar-refractivity contribution in [2.45, 2.75) is 78.3 Å². The van der Waals surface area contributed by atoms with Gasteiger partial charge in [0.05, 0.1) is 43.2 Å². The highest BCUT2D eigenvalue weighted by Gasteiger charge is 2.39. The van der Waals surface area contributed by atoms with Crippen molar-refractivity contribution in [2.75, 3.05) is 50.5 Å². The van der Waals surface area contributed by atoms with E-state index in [0.717, 1.165) is 47.1 Å². The van der Waals surface area contributed by atoms with E-state index in [4.69, 9.17) is 9.72 Å². The fourth-order valence-electron chi connectivity index (χ4n) is 4.36. The molecule has 0 bridgehead atoms. The molecule has 2 aliphatic heterocycles. The zero-order chi connectivity index (χ0) is 31.6. The van der Waals surface area contributed by atoms with Crippen molar-refractivity contribution in [3.05, 3.63) is 30.1 Å². The van der Waals surface area contributed by atoms with E-state index < -0.39 is 12.3 Å². The van der Waals surface area contributed by atoms with Crippen LogP contribution in [0.3, 0.4) is 0 Å². The highest BCUT2D eigenvalue weighted by molar-refractivity contribution is 5.87. The molecule has 5 rings (SSSR count). The highest BCUT2D eigenvalue weighted by atomic mass is 19.3. The fourth-order valence-corrected chi connectivity index (χ4v) is 4.36. The quantitative estimate of drug-likeness (QED) is 0.213. The van der Waals surface area contributed by atoms with Gasteiger partial charge in [-0.2, -0.15) is 15.2 Å². The Morgan fingerprint density at radius 2 is 1.86 bits per heavy atom. The van der Waals surface area contributed by atoms with Gasteiger partial charge in [-0.1, -0.05) is 6.92 Å². The van der Waals surface area contributed by atoms with Crippen LogP contribution in [0.25, 0.3) is 16.8 Å². The minimum atomic E-state index is -2.46. The number of anilines is 2. The van der Waals surface area contributed by atoms with Gasteiger partial charge < -0.3 is 15.4 Å². The summed E-state index contributed by atoms with van der Waals surface area (Å²) in [4.78, 5) is 11.1. The average molecular weight is 610 g/mol. The average Bonchev–Trinajstić information content (AvgIpc) is 3.36. The van der Waals surface area contributed by atoms with Gasteiger partial charge in [0, 0.05) is 38.2 Å². The third-order valence-corrected chi connectivity index (χ3v) is 6.68. The Morgan fingerprint density at radius 3 is 2.40 bits per heavy atom. The maximum Gasteiger partial charge on any atom is 0.260 e. The van der Waals surface area contributed by atoms with Gasteiger partial charge in [0.15, 0.2) is 5.82 Å². The molecule has 0 unspecified atom stereocenters. The lowest BCUT2D eigenvalue weighted by atomic mass is 10.0. The minimum absolute atomic E-state index is 0.0278. The molecule has 5 heterocycles. The number of alkyl halides is 4. The van der Waals surface area contributed by atoms with Crippen LogP contribution < -0.4 is 10.6 Å². The van der Waals surface area contributed by atoms with Crippen LogP contribution in [-0.2, 0) is 4.74 Å². The first-order valence-corrected chi connectivity index (χ1v) is 14.7. The zero-order valence-corrected chi connectivity index (χ0v) is 25.7. The fraction of sp³-hybridized carbons (Fsp3) is 0.621. The predicted molar refractivity (Wildman–Crippen MR) is 161 cm³/mol. The van der Waals surface area contributed by atoms with Gasteiger partial charge in [-0.05, 0) is 58.9 Å². The van der Waals surface area contributed by atoms with Crippen LogP contribution in [0.1, 0.15) is 52.7 Å². The molecule has 0 aliphatic carbocycles. The second kappa shape index (κ2) is 15.9. The zero-order valence-electron chi connectivity index (χ0n) is 25.7. The number of rotatable bonds is 8. The van der Waals surface area contributed by atoms with Crippen LogP contribution in [0.15, 0.2) is 34.6 Å². The number of halogens is 4. The number of aromatic nitrogens is 4. The molecule has 3 aromatic rings. The summed E-state index contributed by atoms with van der Waals surface area (Å²) in [5.74, 6) is -1.13. The van der Waals surface area contributed by atoms with E-state index in [2.05, 4.69) is 30.9 Å². The summed E-state index contributed by atoms with van der Waals surface area (Å²) in [6.07, 6.45) is 0.438. The molecule has 2 N–H and O–H groups in total. The van der Waals surface area contributed by atoms with E-state index in [-0.39, 0.29) is 31.5 Å². The lowest BCUT2D eigenvalue weighted by molar-refractivity contribution is -0.126. The number of pyridine rings is 1. The van der Waals surface area contributed by atoms with Gasteiger partial charge in [-0.25, -0.2) is 22.1 Å². The van der Waals surface area contributed by atoms with Gasteiger partial charge in [0.1, 0.15) is 11.2 Å². The van der Waals surface area contributed by atoms with Crippen molar-refractivity contribution < 1.29 is 22.3 Å². The van der Waals surface area contributed by atoms with Crippen molar-refractivity contribution in [3.8, 4) is 11.3 Å². The van der Waals surface area contributed by atoms with Crippen LogP contribution in [0.2, 0.25) is 0 Å². The third kappa shape index (κ3) is 9.82. The Hall–Kier alpha value is -3.39. The van der Waals surface area contributed by atoms with Gasteiger partial charge in [-0.15, -0.1) is 5.10 Å². The number of aryl methyl sites for hydroxylation is 1. The minimum Gasteiger partial charge on any atom is -0.378 e. The van der Waals surface area contributed by atoms with E-state index in [1.54, 1.807) is 7.05 Å². The van der Waals surface area contributed by atoms with Crippen molar-refractivity contribution in [1.82, 2.24) is 24.5 Å². The summed E-state index contributed by atoms with van der Waals surface area (Å²) >= 11 is 0. The summed E-state index contributed by atoms with van der Waals surface area (Å²) < 4.78 is 54.1. The molecule has 10 nitrogen and oxygen atoms in total. The van der Waals surface area contributed by atoms with Gasteiger partial charge in [0.2, 0.25) is 12.4 Å². The molecular weight excluding hydrogens is 566 g/mol. The van der Waals surface area contributed by atoms with E-state index in [1.165, 1.54) is 6.92 Å². The SMILES string of the molecule is CCC(F)F.CCNc1nc(NC)nn2ccc(-c3ccc(N=NC(C)C)c(C)n3)c12.FC1(F)CCCN(C2COC2)C1. The van der Waals surface area contributed by atoms with Crippen LogP contribution in [-0.4, -0.2) is 88.8 Å². The van der Waals surface area contributed by atoms with Crippen molar-refractivity contribution in [1.29, 1.82) is 0 Å². The number of hydrogen-bond acceptors (Lipinski definition) is 9. The van der Waals surface area contributed by atoms with Crippen LogP contribution in [0, 0.1) is 6.92 Å². The van der Waals surface area contributed by atoms with Crippen LogP contribution >= 0.6 is 0 Å². The largest absolute Gasteiger partial charge is 0.378 e. The van der Waals surface area contributed by atoms with Crippen molar-refractivity contribution >= 4 is 23.0 Å². The summed E-state index contributed by atoms with van der Waals surface area (Å²) in [5, 5.41) is 19.2. The molecule has 2 saturated heterocycles. The lowest BCUT2D eigenvalue weighted by Gasteiger charge is -2.41. The molecule has 238 valence electrons. The van der Waals surface area contributed by atoms with E-state index in [0.29, 0.717) is 25.6 Å². The molecule has 0 spiro atoms. The first-order valence-electron chi connectivity index (χ1n) is 14.7. The smallest absolute Gasteiger partial charge is 0.260 e. The normalized spacial score (nSPS) is 16.9. The number of nitrogens with zero attached hydrogens (tertiary/aromatic N) is 7. The molecule has 3 aromatic heterocycles. The maximum absolute atomic E-state index is 12.9. The van der Waals surface area contributed by atoms with E-state index in [1.807, 2.05) is 61.5 Å². The molecule has 0 saturated carbocycles. The van der Waals surface area contributed by atoms with Crippen LogP contribution in [0.5, 0.6) is 0 Å². The summed E-state index contributed by atoms with van der Waals surface area (Å²) in [6.45, 7) is 12.2. The third-order valence-electron chi connectivity index (χ3n) is 6.68.